The molecule has 0 saturated heterocycles. The maximum absolute atomic E-state index is 12.5. The maximum Gasteiger partial charge on any atom is 0.336 e. The second-order valence-electron chi connectivity index (χ2n) is 4.89. The molecule has 138 valence electrons. The average Bonchev–Trinajstić information content (AvgIpc) is 2.57. The Bertz CT molecular complexity index is 540. The molecule has 0 fully saturated rings. The highest BCUT2D eigenvalue weighted by atomic mass is 16.5. The fraction of sp³-hybridized carbons (Fsp3) is 0.800. The maximum atomic E-state index is 12.5. The molecule has 0 aliphatic heterocycles. The van der Waals surface area contributed by atoms with Crippen LogP contribution in [0.4, 0.5) is 0 Å². The van der Waals surface area contributed by atoms with Crippen LogP contribution in [-0.4, -0.2) is 53.3 Å². The van der Waals surface area contributed by atoms with Gasteiger partial charge in [-0.2, -0.15) is 0 Å². The third kappa shape index (κ3) is 5.43. The van der Waals surface area contributed by atoms with Gasteiger partial charge in [-0.3, -0.25) is 0 Å². The van der Waals surface area contributed by atoms with Gasteiger partial charge < -0.3 is 14.2 Å². The smallest absolute Gasteiger partial charge is 0.336 e. The lowest BCUT2D eigenvalue weighted by molar-refractivity contribution is 0.123. The van der Waals surface area contributed by atoms with Gasteiger partial charge in [0, 0.05) is 19.8 Å². The van der Waals surface area contributed by atoms with Crippen LogP contribution in [-0.2, 0) is 33.8 Å². The topological polar surface area (TPSA) is 93.7 Å². The minimum atomic E-state index is -0.642. The molecule has 0 unspecified atom stereocenters. The summed E-state index contributed by atoms with van der Waals surface area (Å²) in [6.45, 7) is 7.87. The monoisotopic (exact) mass is 345 g/mol. The first kappa shape index (κ1) is 20.3. The van der Waals surface area contributed by atoms with Crippen LogP contribution in [0.2, 0.25) is 0 Å². The van der Waals surface area contributed by atoms with Crippen LogP contribution < -0.4 is 17.1 Å². The molecular weight excluding hydrogens is 318 g/mol. The number of ether oxygens (including phenoxy) is 3. The van der Waals surface area contributed by atoms with Crippen molar-refractivity contribution in [3.05, 3.63) is 31.5 Å². The van der Waals surface area contributed by atoms with Crippen molar-refractivity contribution in [1.82, 2.24) is 13.7 Å². The Morgan fingerprint density at radius 3 is 1.04 bits per heavy atom. The predicted octanol–water partition coefficient (Wildman–Crippen LogP) is -0.719. The van der Waals surface area contributed by atoms with Crippen LogP contribution in [0.5, 0.6) is 0 Å². The van der Waals surface area contributed by atoms with Crippen molar-refractivity contribution < 1.29 is 14.2 Å². The van der Waals surface area contributed by atoms with Gasteiger partial charge in [0.05, 0.1) is 39.5 Å². The van der Waals surface area contributed by atoms with E-state index < -0.39 is 17.1 Å². The third-order valence-electron chi connectivity index (χ3n) is 3.38. The van der Waals surface area contributed by atoms with E-state index in [-0.39, 0.29) is 39.5 Å². The van der Waals surface area contributed by atoms with Crippen LogP contribution in [0.3, 0.4) is 0 Å². The summed E-state index contributed by atoms with van der Waals surface area (Å²) in [6, 6.07) is 0. The van der Waals surface area contributed by atoms with E-state index in [1.54, 1.807) is 0 Å². The number of hydrogen-bond donors (Lipinski definition) is 0. The lowest BCUT2D eigenvalue weighted by atomic mass is 10.5. The van der Waals surface area contributed by atoms with Crippen molar-refractivity contribution in [2.75, 3.05) is 39.6 Å². The van der Waals surface area contributed by atoms with Gasteiger partial charge in [0.25, 0.3) is 0 Å². The Morgan fingerprint density at radius 2 is 0.833 bits per heavy atom. The Morgan fingerprint density at radius 1 is 0.583 bits per heavy atom. The van der Waals surface area contributed by atoms with Crippen LogP contribution in [0.25, 0.3) is 0 Å². The number of nitrogens with zero attached hydrogens (tertiary/aromatic N) is 3. The number of hydrogen-bond acceptors (Lipinski definition) is 6. The summed E-state index contributed by atoms with van der Waals surface area (Å²) in [5.74, 6) is 0. The van der Waals surface area contributed by atoms with Gasteiger partial charge in [0.15, 0.2) is 0 Å². The van der Waals surface area contributed by atoms with Gasteiger partial charge in [0.2, 0.25) is 0 Å². The average molecular weight is 345 g/mol. The normalized spacial score (nSPS) is 11.1. The predicted molar refractivity (Wildman–Crippen MR) is 88.7 cm³/mol. The summed E-state index contributed by atoms with van der Waals surface area (Å²) in [5.41, 5.74) is -1.92. The van der Waals surface area contributed by atoms with Gasteiger partial charge in [-0.1, -0.05) is 0 Å². The zero-order chi connectivity index (χ0) is 17.9. The highest BCUT2D eigenvalue weighted by molar-refractivity contribution is 4.79. The van der Waals surface area contributed by atoms with Crippen LogP contribution in [0.1, 0.15) is 20.8 Å². The molecular formula is C15H27N3O6. The Labute approximate surface area is 140 Å². The number of aromatic nitrogens is 3. The Balaban J connectivity index is 3.22. The fourth-order valence-corrected chi connectivity index (χ4v) is 2.16. The van der Waals surface area contributed by atoms with Crippen molar-refractivity contribution in [2.24, 2.45) is 0 Å². The second kappa shape index (κ2) is 11.0. The van der Waals surface area contributed by atoms with Crippen molar-refractivity contribution in [3.8, 4) is 0 Å². The lowest BCUT2D eigenvalue weighted by Crippen LogP contribution is -2.55. The van der Waals surface area contributed by atoms with E-state index >= 15 is 0 Å². The molecule has 0 aromatic carbocycles. The van der Waals surface area contributed by atoms with Gasteiger partial charge in [-0.05, 0) is 20.8 Å². The van der Waals surface area contributed by atoms with Gasteiger partial charge in [-0.25, -0.2) is 28.1 Å². The minimum Gasteiger partial charge on any atom is -0.380 e. The zero-order valence-electron chi connectivity index (χ0n) is 14.7. The summed E-state index contributed by atoms with van der Waals surface area (Å²) in [6.07, 6.45) is 0. The largest absolute Gasteiger partial charge is 0.380 e. The van der Waals surface area contributed by atoms with Crippen LogP contribution in [0.15, 0.2) is 14.4 Å². The highest BCUT2D eigenvalue weighted by Crippen LogP contribution is 1.83. The Hall–Kier alpha value is -1.71. The summed E-state index contributed by atoms with van der Waals surface area (Å²) in [7, 11) is 0. The molecule has 1 aromatic rings. The summed E-state index contributed by atoms with van der Waals surface area (Å²) in [4.78, 5) is 37.4. The van der Waals surface area contributed by atoms with E-state index in [9.17, 15) is 14.4 Å². The van der Waals surface area contributed by atoms with Crippen molar-refractivity contribution in [2.45, 2.75) is 40.4 Å². The van der Waals surface area contributed by atoms with Crippen molar-refractivity contribution in [1.29, 1.82) is 0 Å². The quantitative estimate of drug-likeness (QED) is 0.464. The Kier molecular flexibility index (Phi) is 9.28. The van der Waals surface area contributed by atoms with Crippen molar-refractivity contribution in [3.63, 3.8) is 0 Å². The second-order valence-corrected chi connectivity index (χ2v) is 4.89. The molecule has 9 nitrogen and oxygen atoms in total. The summed E-state index contributed by atoms with van der Waals surface area (Å²) < 4.78 is 18.7. The van der Waals surface area contributed by atoms with Gasteiger partial charge in [-0.15, -0.1) is 0 Å². The molecule has 1 heterocycles. The van der Waals surface area contributed by atoms with E-state index in [0.29, 0.717) is 19.8 Å². The first-order valence-electron chi connectivity index (χ1n) is 8.26. The molecule has 0 atom stereocenters. The molecule has 9 heteroatoms. The van der Waals surface area contributed by atoms with E-state index in [2.05, 4.69) is 0 Å². The van der Waals surface area contributed by atoms with E-state index in [1.807, 2.05) is 20.8 Å². The molecule has 0 amide bonds. The van der Waals surface area contributed by atoms with E-state index in [1.165, 1.54) is 0 Å². The first-order chi connectivity index (χ1) is 11.6. The fourth-order valence-electron chi connectivity index (χ4n) is 2.16. The zero-order valence-corrected chi connectivity index (χ0v) is 14.7. The molecule has 0 N–H and O–H groups in total. The van der Waals surface area contributed by atoms with E-state index in [4.69, 9.17) is 14.2 Å². The van der Waals surface area contributed by atoms with Gasteiger partial charge >= 0.3 is 17.1 Å². The standard InChI is InChI=1S/C15H27N3O6/c1-4-22-10-7-16-13(19)17(8-11-23-5-2)15(21)18(14(16)20)9-12-24-6-3/h4-12H2,1-3H3. The molecule has 1 rings (SSSR count). The minimum absolute atomic E-state index is 0.0923. The molecule has 0 radical (unpaired) electrons. The molecule has 1 aromatic heterocycles. The molecule has 0 aliphatic rings. The third-order valence-corrected chi connectivity index (χ3v) is 3.38. The van der Waals surface area contributed by atoms with Crippen molar-refractivity contribution >= 4 is 0 Å². The number of rotatable bonds is 12. The molecule has 0 spiro atoms. The molecule has 0 saturated carbocycles. The van der Waals surface area contributed by atoms with Gasteiger partial charge in [0.1, 0.15) is 0 Å². The molecule has 0 bridgehead atoms. The SMILES string of the molecule is CCOCCn1c(=O)n(CCOCC)c(=O)n(CCOCC)c1=O. The highest BCUT2D eigenvalue weighted by Gasteiger charge is 2.15. The van der Waals surface area contributed by atoms with Crippen LogP contribution in [0, 0.1) is 0 Å². The molecule has 24 heavy (non-hydrogen) atoms. The summed E-state index contributed by atoms with van der Waals surface area (Å²) >= 11 is 0. The summed E-state index contributed by atoms with van der Waals surface area (Å²) in [5, 5.41) is 0. The first-order valence-corrected chi connectivity index (χ1v) is 8.26. The van der Waals surface area contributed by atoms with E-state index in [0.717, 1.165) is 13.7 Å². The lowest BCUT2D eigenvalue weighted by Gasteiger charge is -2.14. The van der Waals surface area contributed by atoms with Crippen LogP contribution >= 0.6 is 0 Å². The molecule has 0 aliphatic carbocycles.